The van der Waals surface area contributed by atoms with Crippen LogP contribution in [0.25, 0.3) is 10.8 Å². The van der Waals surface area contributed by atoms with E-state index in [0.29, 0.717) is 32.9 Å². The Morgan fingerprint density at radius 2 is 1.51 bits per heavy atom. The second-order valence-electron chi connectivity index (χ2n) is 9.69. The number of amides is 2. The number of hydrogen-bond acceptors (Lipinski definition) is 5. The number of benzene rings is 5. The van der Waals surface area contributed by atoms with E-state index in [0.717, 1.165) is 16.0 Å². The zero-order valence-electron chi connectivity index (χ0n) is 23.3. The van der Waals surface area contributed by atoms with Crippen molar-refractivity contribution in [3.8, 4) is 5.75 Å². The van der Waals surface area contributed by atoms with Crippen LogP contribution in [-0.2, 0) is 4.79 Å². The first-order valence-electron chi connectivity index (χ1n) is 13.3. The second kappa shape index (κ2) is 13.0. The van der Waals surface area contributed by atoms with Crippen LogP contribution >= 0.6 is 23.4 Å². The van der Waals surface area contributed by atoms with Crippen LogP contribution in [0.1, 0.15) is 37.1 Å². The average Bonchev–Trinajstić information content (AvgIpc) is 3.01. The number of rotatable bonds is 9. The Morgan fingerprint density at radius 1 is 0.837 bits per heavy atom. The highest BCUT2D eigenvalue weighted by Gasteiger charge is 2.24. The molecular weight excluding hydrogens is 584 g/mol. The molecule has 0 saturated heterocycles. The maximum Gasteiger partial charge on any atom is 0.336 e. The molecule has 0 radical (unpaired) electrons. The summed E-state index contributed by atoms with van der Waals surface area (Å²) in [6, 6.07) is 30.0. The van der Waals surface area contributed by atoms with Crippen molar-refractivity contribution in [1.82, 2.24) is 0 Å². The predicted octanol–water partition coefficient (Wildman–Crippen LogP) is 8.23. The molecule has 5 aromatic carbocycles. The molecule has 0 aromatic heterocycles. The lowest BCUT2D eigenvalue weighted by atomic mass is 9.98. The van der Waals surface area contributed by atoms with Crippen LogP contribution in [0.3, 0.4) is 0 Å². The average molecular weight is 611 g/mol. The van der Waals surface area contributed by atoms with Crippen molar-refractivity contribution in [3.63, 3.8) is 0 Å². The molecule has 5 aromatic rings. The molecule has 0 spiro atoms. The highest BCUT2D eigenvalue weighted by atomic mass is 35.5. The number of carbonyl (C=O) groups is 3. The number of anilines is 2. The summed E-state index contributed by atoms with van der Waals surface area (Å²) in [5, 5.41) is 16.5. The SMILES string of the molecule is COc1cc(Cl)c(C)cc1NC(=O)C(Sc1ccc(NC(=O)c2cccc3cccc(C(=O)O)c23)cc1)c1ccccc1. The van der Waals surface area contributed by atoms with E-state index in [1.54, 1.807) is 54.6 Å². The number of aryl methyl sites for hydroxylation is 1. The van der Waals surface area contributed by atoms with Gasteiger partial charge in [0.05, 0.1) is 18.4 Å². The fourth-order valence-electron chi connectivity index (χ4n) is 4.69. The minimum Gasteiger partial charge on any atom is -0.495 e. The first-order chi connectivity index (χ1) is 20.7. The van der Waals surface area contributed by atoms with Gasteiger partial charge < -0.3 is 20.5 Å². The number of aromatic carboxylic acids is 1. The lowest BCUT2D eigenvalue weighted by molar-refractivity contribution is -0.115. The standard InChI is InChI=1S/C34H27ClN2O5S/c1-20-18-28(29(42-2)19-27(20)35)37-33(39)31(22-8-4-3-5-9-22)43-24-16-14-23(15-17-24)36-32(38)25-12-6-10-21-11-7-13-26(30(21)25)34(40)41/h3-19,31H,1-2H3,(H,36,38)(H,37,39)(H,40,41). The molecule has 0 saturated carbocycles. The Balaban J connectivity index is 1.37. The van der Waals surface area contributed by atoms with Gasteiger partial charge in [0.1, 0.15) is 11.0 Å². The fraction of sp³-hybridized carbons (Fsp3) is 0.0882. The Hall–Kier alpha value is -4.79. The first-order valence-corrected chi connectivity index (χ1v) is 14.5. The van der Waals surface area contributed by atoms with Crippen LogP contribution in [0.5, 0.6) is 5.75 Å². The molecule has 0 aliphatic rings. The number of carboxylic acids is 1. The van der Waals surface area contributed by atoms with Crippen molar-refractivity contribution in [1.29, 1.82) is 0 Å². The molecule has 1 atom stereocenters. The third kappa shape index (κ3) is 6.66. The first kappa shape index (κ1) is 29.7. The van der Waals surface area contributed by atoms with E-state index in [9.17, 15) is 19.5 Å². The smallest absolute Gasteiger partial charge is 0.336 e. The lowest BCUT2D eigenvalue weighted by Gasteiger charge is -2.19. The van der Waals surface area contributed by atoms with E-state index in [4.69, 9.17) is 16.3 Å². The Bertz CT molecular complexity index is 1820. The van der Waals surface area contributed by atoms with Gasteiger partial charge in [-0.2, -0.15) is 0 Å². The molecule has 216 valence electrons. The molecule has 0 aliphatic carbocycles. The third-order valence-corrected chi connectivity index (χ3v) is 8.50. The maximum absolute atomic E-state index is 13.6. The Kier molecular flexibility index (Phi) is 8.99. The van der Waals surface area contributed by atoms with Crippen molar-refractivity contribution in [2.75, 3.05) is 17.7 Å². The third-order valence-electron chi connectivity index (χ3n) is 6.82. The zero-order chi connectivity index (χ0) is 30.5. The van der Waals surface area contributed by atoms with Gasteiger partial charge >= 0.3 is 5.97 Å². The Labute approximate surface area is 257 Å². The van der Waals surface area contributed by atoms with Crippen LogP contribution in [-0.4, -0.2) is 30.0 Å². The number of halogens is 1. The van der Waals surface area contributed by atoms with E-state index in [-0.39, 0.29) is 17.0 Å². The van der Waals surface area contributed by atoms with E-state index >= 15 is 0 Å². The quantitative estimate of drug-likeness (QED) is 0.145. The van der Waals surface area contributed by atoms with E-state index < -0.39 is 17.1 Å². The Morgan fingerprint density at radius 3 is 2.16 bits per heavy atom. The van der Waals surface area contributed by atoms with Gasteiger partial charge in [0.2, 0.25) is 5.91 Å². The van der Waals surface area contributed by atoms with Gasteiger partial charge in [-0.25, -0.2) is 4.79 Å². The highest BCUT2D eigenvalue weighted by molar-refractivity contribution is 8.00. The number of methoxy groups -OCH3 is 1. The van der Waals surface area contributed by atoms with Crippen LogP contribution in [0.4, 0.5) is 11.4 Å². The normalized spacial score (nSPS) is 11.5. The van der Waals surface area contributed by atoms with Crippen molar-refractivity contribution >= 4 is 63.3 Å². The minimum atomic E-state index is -1.10. The fourth-order valence-corrected chi connectivity index (χ4v) is 5.87. The second-order valence-corrected chi connectivity index (χ2v) is 11.3. The maximum atomic E-state index is 13.6. The van der Waals surface area contributed by atoms with Crippen LogP contribution in [0.2, 0.25) is 5.02 Å². The summed E-state index contributed by atoms with van der Waals surface area (Å²) in [7, 11) is 1.52. The largest absolute Gasteiger partial charge is 0.495 e. The van der Waals surface area contributed by atoms with Gasteiger partial charge in [0.15, 0.2) is 0 Å². The topological polar surface area (TPSA) is 105 Å². The number of ether oxygens (including phenoxy) is 1. The van der Waals surface area contributed by atoms with Crippen molar-refractivity contribution < 1.29 is 24.2 Å². The molecule has 7 nitrogen and oxygen atoms in total. The molecule has 0 bridgehead atoms. The molecule has 2 amide bonds. The predicted molar refractivity (Wildman–Crippen MR) is 172 cm³/mol. The summed E-state index contributed by atoms with van der Waals surface area (Å²) in [4.78, 5) is 39.5. The van der Waals surface area contributed by atoms with Crippen molar-refractivity contribution in [2.45, 2.75) is 17.1 Å². The van der Waals surface area contributed by atoms with E-state index in [1.165, 1.54) is 24.9 Å². The van der Waals surface area contributed by atoms with Gasteiger partial charge in [0, 0.05) is 32.6 Å². The number of carbonyl (C=O) groups excluding carboxylic acids is 2. The highest BCUT2D eigenvalue weighted by Crippen LogP contribution is 2.38. The number of thioether (sulfide) groups is 1. The summed E-state index contributed by atoms with van der Waals surface area (Å²) in [6.07, 6.45) is 0. The van der Waals surface area contributed by atoms with Crippen molar-refractivity contribution in [2.24, 2.45) is 0 Å². The monoisotopic (exact) mass is 610 g/mol. The number of hydrogen-bond donors (Lipinski definition) is 3. The lowest BCUT2D eigenvalue weighted by Crippen LogP contribution is -2.19. The van der Waals surface area contributed by atoms with Gasteiger partial charge in [-0.05, 0) is 65.9 Å². The molecular formula is C34H27ClN2O5S. The molecule has 43 heavy (non-hydrogen) atoms. The van der Waals surface area contributed by atoms with Gasteiger partial charge in [-0.15, -0.1) is 11.8 Å². The summed E-state index contributed by atoms with van der Waals surface area (Å²) in [6.45, 7) is 1.85. The van der Waals surface area contributed by atoms with Gasteiger partial charge in [-0.3, -0.25) is 9.59 Å². The molecule has 0 aliphatic heterocycles. The van der Waals surface area contributed by atoms with E-state index in [2.05, 4.69) is 10.6 Å². The summed E-state index contributed by atoms with van der Waals surface area (Å²) < 4.78 is 5.43. The summed E-state index contributed by atoms with van der Waals surface area (Å²) in [5.74, 6) is -1.30. The van der Waals surface area contributed by atoms with Crippen LogP contribution < -0.4 is 15.4 Å². The zero-order valence-corrected chi connectivity index (χ0v) is 24.8. The van der Waals surface area contributed by atoms with Crippen LogP contribution in [0.15, 0.2) is 108 Å². The van der Waals surface area contributed by atoms with Gasteiger partial charge in [-0.1, -0.05) is 66.2 Å². The molecule has 5 rings (SSSR count). The summed E-state index contributed by atoms with van der Waals surface area (Å²) in [5.41, 5.74) is 3.00. The molecule has 0 fully saturated rings. The summed E-state index contributed by atoms with van der Waals surface area (Å²) >= 11 is 7.61. The molecule has 9 heteroatoms. The number of fused-ring (bicyclic) bond motifs is 1. The van der Waals surface area contributed by atoms with Crippen LogP contribution in [0, 0.1) is 6.92 Å². The number of carboxylic acid groups (broad SMARTS) is 1. The van der Waals surface area contributed by atoms with Crippen molar-refractivity contribution in [3.05, 3.63) is 130 Å². The molecule has 1 unspecified atom stereocenters. The number of nitrogens with one attached hydrogen (secondary N) is 2. The van der Waals surface area contributed by atoms with Gasteiger partial charge in [0.25, 0.3) is 5.91 Å². The molecule has 3 N–H and O–H groups in total. The minimum absolute atomic E-state index is 0.0617. The molecule has 0 heterocycles. The van der Waals surface area contributed by atoms with E-state index in [1.807, 2.05) is 49.4 Å².